The first-order chi connectivity index (χ1) is 12.8. The number of aromatic nitrogens is 2. The Kier molecular flexibility index (Phi) is 6.22. The molecule has 0 N–H and O–H groups in total. The molecule has 2 saturated heterocycles. The van der Waals surface area contributed by atoms with Gasteiger partial charge in [0, 0.05) is 51.5 Å². The number of piperazine rings is 1. The molecule has 1 unspecified atom stereocenters. The van der Waals surface area contributed by atoms with Gasteiger partial charge in [-0.25, -0.2) is 13.4 Å². The summed E-state index contributed by atoms with van der Waals surface area (Å²) in [5.74, 6) is -0.160. The lowest BCUT2D eigenvalue weighted by Gasteiger charge is -2.38. The van der Waals surface area contributed by atoms with Crippen molar-refractivity contribution in [3.63, 3.8) is 0 Å². The van der Waals surface area contributed by atoms with Gasteiger partial charge >= 0.3 is 0 Å². The van der Waals surface area contributed by atoms with Gasteiger partial charge in [-0.15, -0.1) is 0 Å². The first kappa shape index (κ1) is 20.3. The van der Waals surface area contributed by atoms with Gasteiger partial charge in [0.15, 0.2) is 5.03 Å². The number of amides is 1. The lowest BCUT2D eigenvalue weighted by atomic mass is 9.98. The zero-order valence-corrected chi connectivity index (χ0v) is 17.4. The summed E-state index contributed by atoms with van der Waals surface area (Å²) in [6.45, 7) is 11.0. The van der Waals surface area contributed by atoms with Crippen LogP contribution in [0.4, 0.5) is 0 Å². The fraction of sp³-hybridized carbons (Fsp3) is 0.778. The Balaban J connectivity index is 1.67. The number of likely N-dealkylation sites (N-methyl/N-ethyl adjacent to an activating group) is 1. The van der Waals surface area contributed by atoms with Gasteiger partial charge < -0.3 is 14.4 Å². The molecule has 9 heteroatoms. The van der Waals surface area contributed by atoms with Crippen LogP contribution in [0.25, 0.3) is 0 Å². The van der Waals surface area contributed by atoms with Crippen molar-refractivity contribution >= 4 is 15.9 Å². The van der Waals surface area contributed by atoms with E-state index in [2.05, 4.69) is 16.8 Å². The molecule has 8 nitrogen and oxygen atoms in total. The summed E-state index contributed by atoms with van der Waals surface area (Å²) in [4.78, 5) is 21.2. The van der Waals surface area contributed by atoms with Crippen LogP contribution >= 0.6 is 0 Å². The van der Waals surface area contributed by atoms with Crippen molar-refractivity contribution in [2.45, 2.75) is 44.7 Å². The minimum Gasteiger partial charge on any atom is -0.340 e. The van der Waals surface area contributed by atoms with Crippen LogP contribution in [-0.4, -0.2) is 83.8 Å². The Morgan fingerprint density at radius 1 is 1.22 bits per heavy atom. The molecule has 152 valence electrons. The average Bonchev–Trinajstić information content (AvgIpc) is 3.19. The molecule has 0 aromatic carbocycles. The Morgan fingerprint density at radius 3 is 2.52 bits per heavy atom. The average molecular weight is 398 g/mol. The molecule has 2 aliphatic heterocycles. The zero-order valence-electron chi connectivity index (χ0n) is 16.5. The summed E-state index contributed by atoms with van der Waals surface area (Å²) in [7, 11) is -3.66. The number of imidazole rings is 1. The van der Waals surface area contributed by atoms with Crippen LogP contribution < -0.4 is 0 Å². The fourth-order valence-corrected chi connectivity index (χ4v) is 5.22. The second kappa shape index (κ2) is 8.28. The van der Waals surface area contributed by atoms with Gasteiger partial charge in [-0.05, 0) is 33.2 Å². The van der Waals surface area contributed by atoms with E-state index < -0.39 is 10.0 Å². The molecule has 0 spiro atoms. The van der Waals surface area contributed by atoms with Crippen molar-refractivity contribution in [2.24, 2.45) is 5.92 Å². The van der Waals surface area contributed by atoms with Gasteiger partial charge in [0.05, 0.1) is 12.2 Å². The minimum atomic E-state index is -3.66. The molecule has 3 heterocycles. The highest BCUT2D eigenvalue weighted by Gasteiger charge is 2.36. The highest BCUT2D eigenvalue weighted by molar-refractivity contribution is 7.89. The second-order valence-corrected chi connectivity index (χ2v) is 9.60. The van der Waals surface area contributed by atoms with E-state index in [-0.39, 0.29) is 29.4 Å². The number of piperidine rings is 1. The van der Waals surface area contributed by atoms with Crippen molar-refractivity contribution in [3.8, 4) is 0 Å². The van der Waals surface area contributed by atoms with Gasteiger partial charge in [-0.2, -0.15) is 4.31 Å². The standard InChI is InChI=1S/C18H31N5O3S/c1-4-20-8-10-21(11-9-20)18(24)16-6-5-7-23(12-16)27(25,26)17-13-22(14-19-17)15(2)3/h13-16H,4-12H2,1-3H3. The quantitative estimate of drug-likeness (QED) is 0.741. The number of hydrogen-bond donors (Lipinski definition) is 0. The summed E-state index contributed by atoms with van der Waals surface area (Å²) in [6.07, 6.45) is 4.58. The topological polar surface area (TPSA) is 78.8 Å². The van der Waals surface area contributed by atoms with E-state index in [4.69, 9.17) is 0 Å². The van der Waals surface area contributed by atoms with Crippen LogP contribution in [0.15, 0.2) is 17.6 Å². The SMILES string of the molecule is CCN1CCN(C(=O)C2CCCN(S(=O)(=O)c3cn(C(C)C)cn3)C2)CC1. The van der Waals surface area contributed by atoms with Crippen LogP contribution in [0.3, 0.4) is 0 Å². The normalized spacial score (nSPS) is 23.1. The van der Waals surface area contributed by atoms with E-state index in [1.54, 1.807) is 17.1 Å². The summed E-state index contributed by atoms with van der Waals surface area (Å²) < 4.78 is 29.2. The number of carbonyl (C=O) groups excluding carboxylic acids is 1. The van der Waals surface area contributed by atoms with Crippen molar-refractivity contribution < 1.29 is 13.2 Å². The number of rotatable bonds is 5. The van der Waals surface area contributed by atoms with Crippen LogP contribution in [0, 0.1) is 5.92 Å². The predicted molar refractivity (Wildman–Crippen MR) is 103 cm³/mol. The Bertz CT molecular complexity index is 753. The molecule has 1 atom stereocenters. The summed E-state index contributed by atoms with van der Waals surface area (Å²) >= 11 is 0. The second-order valence-electron chi connectivity index (χ2n) is 7.71. The van der Waals surface area contributed by atoms with E-state index >= 15 is 0 Å². The third kappa shape index (κ3) is 4.35. The minimum absolute atomic E-state index is 0.0702. The molecule has 3 rings (SSSR count). The van der Waals surface area contributed by atoms with Gasteiger partial charge in [-0.3, -0.25) is 4.79 Å². The molecular weight excluding hydrogens is 366 g/mol. The Morgan fingerprint density at radius 2 is 1.93 bits per heavy atom. The fourth-order valence-electron chi connectivity index (χ4n) is 3.77. The van der Waals surface area contributed by atoms with Crippen LogP contribution in [0.1, 0.15) is 39.7 Å². The molecule has 0 bridgehead atoms. The molecule has 1 aromatic rings. The van der Waals surface area contributed by atoms with E-state index in [1.165, 1.54) is 4.31 Å². The van der Waals surface area contributed by atoms with Crippen LogP contribution in [-0.2, 0) is 14.8 Å². The van der Waals surface area contributed by atoms with Gasteiger partial charge in [0.1, 0.15) is 0 Å². The van der Waals surface area contributed by atoms with Gasteiger partial charge in [0.25, 0.3) is 10.0 Å². The lowest BCUT2D eigenvalue weighted by molar-refractivity contribution is -0.138. The Labute approximate surface area is 162 Å². The van der Waals surface area contributed by atoms with E-state index in [1.807, 2.05) is 18.7 Å². The first-order valence-corrected chi connectivity index (χ1v) is 11.3. The highest BCUT2D eigenvalue weighted by Crippen LogP contribution is 2.25. The number of sulfonamides is 1. The van der Waals surface area contributed by atoms with Crippen molar-refractivity contribution in [3.05, 3.63) is 12.5 Å². The van der Waals surface area contributed by atoms with E-state index in [0.29, 0.717) is 13.0 Å². The molecule has 0 aliphatic carbocycles. The highest BCUT2D eigenvalue weighted by atomic mass is 32.2. The summed E-state index contributed by atoms with van der Waals surface area (Å²) in [6, 6.07) is 0.152. The number of nitrogens with zero attached hydrogens (tertiary/aromatic N) is 5. The smallest absolute Gasteiger partial charge is 0.262 e. The molecule has 2 aliphatic rings. The third-order valence-corrected chi connectivity index (χ3v) is 7.39. The van der Waals surface area contributed by atoms with E-state index in [9.17, 15) is 13.2 Å². The third-order valence-electron chi connectivity index (χ3n) is 5.64. The maximum atomic E-state index is 13.0. The van der Waals surface area contributed by atoms with E-state index in [0.717, 1.165) is 39.1 Å². The van der Waals surface area contributed by atoms with Crippen molar-refractivity contribution in [1.82, 2.24) is 23.7 Å². The summed E-state index contributed by atoms with van der Waals surface area (Å²) in [5, 5.41) is 0.0702. The molecule has 1 aromatic heterocycles. The molecular formula is C18H31N5O3S. The van der Waals surface area contributed by atoms with Crippen molar-refractivity contribution in [1.29, 1.82) is 0 Å². The maximum Gasteiger partial charge on any atom is 0.262 e. The molecule has 27 heavy (non-hydrogen) atoms. The predicted octanol–water partition coefficient (Wildman–Crippen LogP) is 1.03. The Hall–Kier alpha value is -1.45. The zero-order chi connectivity index (χ0) is 19.6. The monoisotopic (exact) mass is 397 g/mol. The number of carbonyl (C=O) groups is 1. The largest absolute Gasteiger partial charge is 0.340 e. The maximum absolute atomic E-state index is 13.0. The summed E-state index contributed by atoms with van der Waals surface area (Å²) in [5.41, 5.74) is 0. The van der Waals surface area contributed by atoms with Crippen molar-refractivity contribution in [2.75, 3.05) is 45.8 Å². The molecule has 0 saturated carbocycles. The first-order valence-electron chi connectivity index (χ1n) is 9.87. The lowest BCUT2D eigenvalue weighted by Crippen LogP contribution is -2.52. The van der Waals surface area contributed by atoms with Crippen LogP contribution in [0.2, 0.25) is 0 Å². The molecule has 0 radical (unpaired) electrons. The molecule has 1 amide bonds. The van der Waals surface area contributed by atoms with Gasteiger partial charge in [-0.1, -0.05) is 6.92 Å². The van der Waals surface area contributed by atoms with Crippen LogP contribution in [0.5, 0.6) is 0 Å². The molecule has 2 fully saturated rings. The number of hydrogen-bond acceptors (Lipinski definition) is 5. The van der Waals surface area contributed by atoms with Gasteiger partial charge in [0.2, 0.25) is 5.91 Å².